The molecule has 0 aliphatic carbocycles. The lowest BCUT2D eigenvalue weighted by atomic mass is 9.96. The number of piperidine rings is 1. The monoisotopic (exact) mass is 289 g/mol. The second-order valence-corrected chi connectivity index (χ2v) is 6.56. The van der Waals surface area contributed by atoms with E-state index in [1.54, 1.807) is 0 Å². The van der Waals surface area contributed by atoms with Crippen LogP contribution >= 0.6 is 0 Å². The van der Waals surface area contributed by atoms with Crippen LogP contribution in [0.3, 0.4) is 0 Å². The minimum absolute atomic E-state index is 0.440. The molecule has 3 heteroatoms. The Labute approximate surface area is 130 Å². The summed E-state index contributed by atoms with van der Waals surface area (Å²) in [6.45, 7) is 9.02. The van der Waals surface area contributed by atoms with Crippen LogP contribution in [0.25, 0.3) is 0 Å². The van der Waals surface area contributed by atoms with Crippen molar-refractivity contribution < 1.29 is 0 Å². The third-order valence-corrected chi connectivity index (χ3v) is 4.51. The van der Waals surface area contributed by atoms with Gasteiger partial charge in [0.15, 0.2) is 0 Å². The van der Waals surface area contributed by atoms with Gasteiger partial charge in [0.25, 0.3) is 0 Å². The van der Waals surface area contributed by atoms with Crippen LogP contribution in [-0.2, 0) is 0 Å². The molecule has 1 unspecified atom stereocenters. The van der Waals surface area contributed by atoms with Crippen molar-refractivity contribution in [3.63, 3.8) is 0 Å². The van der Waals surface area contributed by atoms with Crippen LogP contribution in [0, 0.1) is 5.92 Å². The summed E-state index contributed by atoms with van der Waals surface area (Å²) in [6, 6.07) is 9.56. The first-order valence-corrected chi connectivity index (χ1v) is 8.33. The second kappa shape index (κ2) is 7.81. The Hall–Kier alpha value is -1.06. The zero-order valence-electron chi connectivity index (χ0n) is 14.1. The standard InChI is InChI=1S/C18H31N3/c1-5-19-15(2)17-6-8-18(9-7-17)21-12-10-16(11-13-21)14-20(3)4/h6-9,15-16,19H,5,10-14H2,1-4H3. The molecular formula is C18H31N3. The molecule has 0 bridgehead atoms. The van der Waals surface area contributed by atoms with Crippen molar-refractivity contribution in [2.45, 2.75) is 32.7 Å². The number of benzene rings is 1. The van der Waals surface area contributed by atoms with Crippen molar-refractivity contribution >= 4 is 5.69 Å². The predicted molar refractivity (Wildman–Crippen MR) is 92.0 cm³/mol. The average molecular weight is 289 g/mol. The largest absolute Gasteiger partial charge is 0.372 e. The fourth-order valence-corrected chi connectivity index (χ4v) is 3.29. The zero-order chi connectivity index (χ0) is 15.2. The van der Waals surface area contributed by atoms with E-state index in [1.165, 1.54) is 43.7 Å². The van der Waals surface area contributed by atoms with E-state index in [0.717, 1.165) is 12.5 Å². The summed E-state index contributed by atoms with van der Waals surface area (Å²) in [7, 11) is 4.35. The third kappa shape index (κ3) is 4.72. The summed E-state index contributed by atoms with van der Waals surface area (Å²) in [4.78, 5) is 4.85. The molecule has 1 saturated heterocycles. The molecule has 1 aromatic carbocycles. The maximum absolute atomic E-state index is 3.47. The SMILES string of the molecule is CCNC(C)c1ccc(N2CCC(CN(C)C)CC2)cc1. The van der Waals surface area contributed by atoms with Crippen LogP contribution in [0.1, 0.15) is 38.3 Å². The van der Waals surface area contributed by atoms with Gasteiger partial charge in [0.05, 0.1) is 0 Å². The first-order valence-electron chi connectivity index (χ1n) is 8.33. The highest BCUT2D eigenvalue weighted by Crippen LogP contribution is 2.25. The lowest BCUT2D eigenvalue weighted by Crippen LogP contribution is -2.37. The smallest absolute Gasteiger partial charge is 0.0366 e. The van der Waals surface area contributed by atoms with Gasteiger partial charge >= 0.3 is 0 Å². The van der Waals surface area contributed by atoms with Crippen LogP contribution in [0.15, 0.2) is 24.3 Å². The highest BCUT2D eigenvalue weighted by Gasteiger charge is 2.19. The van der Waals surface area contributed by atoms with E-state index in [9.17, 15) is 0 Å². The molecule has 0 amide bonds. The Morgan fingerprint density at radius 1 is 1.19 bits per heavy atom. The molecule has 1 heterocycles. The number of anilines is 1. The van der Waals surface area contributed by atoms with E-state index in [1.807, 2.05) is 0 Å². The molecule has 0 aromatic heterocycles. The molecule has 0 radical (unpaired) electrons. The zero-order valence-corrected chi connectivity index (χ0v) is 14.1. The molecule has 1 aromatic rings. The molecule has 2 rings (SSSR count). The molecule has 1 atom stereocenters. The third-order valence-electron chi connectivity index (χ3n) is 4.51. The number of nitrogens with zero attached hydrogens (tertiary/aromatic N) is 2. The minimum atomic E-state index is 0.440. The van der Waals surface area contributed by atoms with E-state index in [0.29, 0.717) is 6.04 Å². The molecule has 1 N–H and O–H groups in total. The fourth-order valence-electron chi connectivity index (χ4n) is 3.29. The van der Waals surface area contributed by atoms with Gasteiger partial charge in [-0.1, -0.05) is 19.1 Å². The lowest BCUT2D eigenvalue weighted by molar-refractivity contribution is 0.285. The fraction of sp³-hybridized carbons (Fsp3) is 0.667. The normalized spacial score (nSPS) is 18.2. The Morgan fingerprint density at radius 3 is 2.33 bits per heavy atom. The molecule has 0 spiro atoms. The summed E-state index contributed by atoms with van der Waals surface area (Å²) >= 11 is 0. The maximum atomic E-state index is 3.47. The number of rotatable bonds is 6. The first kappa shape index (κ1) is 16.3. The average Bonchev–Trinajstić information content (AvgIpc) is 2.48. The maximum Gasteiger partial charge on any atom is 0.0366 e. The van der Waals surface area contributed by atoms with Crippen molar-refractivity contribution in [1.29, 1.82) is 0 Å². The van der Waals surface area contributed by atoms with Crippen molar-refractivity contribution in [3.8, 4) is 0 Å². The van der Waals surface area contributed by atoms with Gasteiger partial charge in [-0.2, -0.15) is 0 Å². The van der Waals surface area contributed by atoms with Crippen LogP contribution < -0.4 is 10.2 Å². The summed E-state index contributed by atoms with van der Waals surface area (Å²) in [6.07, 6.45) is 2.63. The Balaban J connectivity index is 1.89. The number of hydrogen-bond donors (Lipinski definition) is 1. The van der Waals surface area contributed by atoms with Gasteiger partial charge in [-0.05, 0) is 64.0 Å². The van der Waals surface area contributed by atoms with Crippen molar-refractivity contribution in [1.82, 2.24) is 10.2 Å². The Morgan fingerprint density at radius 2 is 1.81 bits per heavy atom. The molecule has 1 aliphatic rings. The Bertz CT molecular complexity index is 405. The van der Waals surface area contributed by atoms with Crippen LogP contribution in [-0.4, -0.2) is 45.2 Å². The quantitative estimate of drug-likeness (QED) is 0.868. The van der Waals surface area contributed by atoms with Crippen LogP contribution in [0.2, 0.25) is 0 Å². The molecule has 21 heavy (non-hydrogen) atoms. The first-order chi connectivity index (χ1) is 10.1. The van der Waals surface area contributed by atoms with Gasteiger partial charge in [0.1, 0.15) is 0 Å². The van der Waals surface area contributed by atoms with Crippen molar-refractivity contribution in [3.05, 3.63) is 29.8 Å². The molecular weight excluding hydrogens is 258 g/mol. The van der Waals surface area contributed by atoms with Gasteiger partial charge in [-0.3, -0.25) is 0 Å². The highest BCUT2D eigenvalue weighted by atomic mass is 15.1. The van der Waals surface area contributed by atoms with Crippen molar-refractivity contribution in [2.75, 3.05) is 45.2 Å². The lowest BCUT2D eigenvalue weighted by Gasteiger charge is -2.34. The number of hydrogen-bond acceptors (Lipinski definition) is 3. The van der Waals surface area contributed by atoms with Crippen LogP contribution in [0.5, 0.6) is 0 Å². The molecule has 118 valence electrons. The molecule has 3 nitrogen and oxygen atoms in total. The summed E-state index contributed by atoms with van der Waals surface area (Å²) in [5.74, 6) is 0.865. The van der Waals surface area contributed by atoms with E-state index >= 15 is 0 Å². The van der Waals surface area contributed by atoms with E-state index in [2.05, 4.69) is 67.3 Å². The number of nitrogens with one attached hydrogen (secondary N) is 1. The van der Waals surface area contributed by atoms with Gasteiger partial charge in [0, 0.05) is 31.4 Å². The highest BCUT2D eigenvalue weighted by molar-refractivity contribution is 5.48. The van der Waals surface area contributed by atoms with Crippen molar-refractivity contribution in [2.24, 2.45) is 5.92 Å². The summed E-state index contributed by atoms with van der Waals surface area (Å²) < 4.78 is 0. The van der Waals surface area contributed by atoms with Gasteiger partial charge < -0.3 is 15.1 Å². The van der Waals surface area contributed by atoms with Crippen LogP contribution in [0.4, 0.5) is 5.69 Å². The second-order valence-electron chi connectivity index (χ2n) is 6.56. The van der Waals surface area contributed by atoms with Gasteiger partial charge in [0.2, 0.25) is 0 Å². The molecule has 0 saturated carbocycles. The summed E-state index contributed by atoms with van der Waals surface area (Å²) in [5, 5.41) is 3.47. The topological polar surface area (TPSA) is 18.5 Å². The minimum Gasteiger partial charge on any atom is -0.372 e. The summed E-state index contributed by atoms with van der Waals surface area (Å²) in [5.41, 5.74) is 2.76. The molecule has 1 aliphatic heterocycles. The van der Waals surface area contributed by atoms with E-state index in [4.69, 9.17) is 0 Å². The Kier molecular flexibility index (Phi) is 6.07. The predicted octanol–water partition coefficient (Wildman–Crippen LogP) is 3.14. The van der Waals surface area contributed by atoms with E-state index < -0.39 is 0 Å². The van der Waals surface area contributed by atoms with Gasteiger partial charge in [-0.15, -0.1) is 0 Å². The molecule has 1 fully saturated rings. The van der Waals surface area contributed by atoms with E-state index in [-0.39, 0.29) is 0 Å². The van der Waals surface area contributed by atoms with Gasteiger partial charge in [-0.25, -0.2) is 0 Å².